The van der Waals surface area contributed by atoms with Crippen LogP contribution < -0.4 is 0 Å². The third-order valence-corrected chi connectivity index (χ3v) is 2.06. The minimum Gasteiger partial charge on any atom is -0.391 e. The maximum absolute atomic E-state index is 5.04. The van der Waals surface area contributed by atoms with Gasteiger partial charge < -0.3 is 4.84 Å². The van der Waals surface area contributed by atoms with Crippen LogP contribution in [-0.2, 0) is 4.84 Å². The van der Waals surface area contributed by atoms with Crippen LogP contribution in [0, 0.1) is 12.8 Å². The van der Waals surface area contributed by atoms with Crippen LogP contribution in [0.1, 0.15) is 20.3 Å². The van der Waals surface area contributed by atoms with Crippen LogP contribution in [0.25, 0.3) is 0 Å². The molecular weight excluding hydrogens is 162 g/mol. The Balaban J connectivity index is 2.53. The Morgan fingerprint density at radius 2 is 2.38 bits per heavy atom. The fourth-order valence-electron chi connectivity index (χ4n) is 1.05. The van der Waals surface area contributed by atoms with Crippen LogP contribution in [0.15, 0.2) is 29.0 Å². The van der Waals surface area contributed by atoms with E-state index >= 15 is 0 Å². The summed E-state index contributed by atoms with van der Waals surface area (Å²) < 4.78 is 0. The molecule has 0 N–H and O–H groups in total. The molecule has 0 spiro atoms. The van der Waals surface area contributed by atoms with Gasteiger partial charge in [0.2, 0.25) is 0 Å². The predicted molar refractivity (Wildman–Crippen MR) is 55.4 cm³/mol. The van der Waals surface area contributed by atoms with E-state index in [0.29, 0.717) is 12.5 Å². The lowest BCUT2D eigenvalue weighted by molar-refractivity contribution is 0.149. The van der Waals surface area contributed by atoms with E-state index in [1.807, 2.05) is 12.2 Å². The average Bonchev–Trinajstić information content (AvgIpc) is 2.12. The van der Waals surface area contributed by atoms with Crippen molar-refractivity contribution >= 4 is 5.71 Å². The summed E-state index contributed by atoms with van der Waals surface area (Å²) in [6.07, 6.45) is 6.91. The number of hydrogen-bond acceptors (Lipinski definition) is 2. The van der Waals surface area contributed by atoms with Crippen molar-refractivity contribution in [2.75, 3.05) is 6.61 Å². The first-order valence-electron chi connectivity index (χ1n) is 4.59. The van der Waals surface area contributed by atoms with Crippen LogP contribution >= 0.6 is 0 Å². The molecule has 1 aliphatic carbocycles. The Bertz CT molecular complexity index is 251. The highest BCUT2D eigenvalue weighted by Crippen LogP contribution is 2.15. The van der Waals surface area contributed by atoms with Crippen molar-refractivity contribution in [2.24, 2.45) is 11.1 Å². The molecule has 1 rings (SSSR count). The third-order valence-electron chi connectivity index (χ3n) is 2.06. The van der Waals surface area contributed by atoms with E-state index in [1.165, 1.54) is 5.57 Å². The van der Waals surface area contributed by atoms with Crippen LogP contribution in [0.5, 0.6) is 0 Å². The molecule has 0 amide bonds. The first-order valence-corrected chi connectivity index (χ1v) is 4.59. The Morgan fingerprint density at radius 3 is 3.00 bits per heavy atom. The summed E-state index contributed by atoms with van der Waals surface area (Å²) in [5, 5.41) is 3.97. The molecule has 0 aromatic rings. The smallest absolute Gasteiger partial charge is 0.157 e. The van der Waals surface area contributed by atoms with Crippen molar-refractivity contribution in [3.63, 3.8) is 0 Å². The molecule has 13 heavy (non-hydrogen) atoms. The van der Waals surface area contributed by atoms with Crippen LogP contribution in [0.2, 0.25) is 0 Å². The van der Waals surface area contributed by atoms with Gasteiger partial charge in [-0.1, -0.05) is 23.7 Å². The first kappa shape index (κ1) is 9.90. The van der Waals surface area contributed by atoms with E-state index in [-0.39, 0.29) is 0 Å². The molecular formula is C11H16NO+. The van der Waals surface area contributed by atoms with Gasteiger partial charge in [0, 0.05) is 0 Å². The van der Waals surface area contributed by atoms with Crippen LogP contribution in [0.4, 0.5) is 0 Å². The highest BCUT2D eigenvalue weighted by atomic mass is 16.6. The summed E-state index contributed by atoms with van der Waals surface area (Å²) in [5.74, 6) is 0.520. The molecule has 0 aromatic carbocycles. The van der Waals surface area contributed by atoms with Crippen LogP contribution in [0.3, 0.4) is 0 Å². The van der Waals surface area contributed by atoms with Gasteiger partial charge in [-0.25, -0.2) is 0 Å². The van der Waals surface area contributed by atoms with Gasteiger partial charge in [0.15, 0.2) is 6.61 Å². The largest absolute Gasteiger partial charge is 0.391 e. The Hall–Kier alpha value is -1.18. The van der Waals surface area contributed by atoms with Crippen molar-refractivity contribution in [1.82, 2.24) is 0 Å². The number of allylic oxidation sites excluding steroid dienone is 4. The summed E-state index contributed by atoms with van der Waals surface area (Å²) in [6.45, 7) is 8.52. The molecule has 0 heterocycles. The van der Waals surface area contributed by atoms with Crippen molar-refractivity contribution in [2.45, 2.75) is 20.3 Å². The van der Waals surface area contributed by atoms with Crippen molar-refractivity contribution < 1.29 is 4.84 Å². The average molecular weight is 178 g/mol. The highest BCUT2D eigenvalue weighted by Gasteiger charge is 2.06. The van der Waals surface area contributed by atoms with E-state index < -0.39 is 0 Å². The standard InChI is InChI=1S/C11H16NO/c1-4-7-13-12-11-6-5-9(2)10(3)8-11/h5-6,8-9H,1,4,7H2,2-3H3/q+1/b12-11-. The van der Waals surface area contributed by atoms with E-state index in [9.17, 15) is 0 Å². The number of oxime groups is 1. The second-order valence-electron chi connectivity index (χ2n) is 3.24. The van der Waals surface area contributed by atoms with E-state index in [4.69, 9.17) is 4.84 Å². The zero-order chi connectivity index (χ0) is 9.68. The van der Waals surface area contributed by atoms with Gasteiger partial charge in [-0.2, -0.15) is 0 Å². The molecule has 0 fully saturated rings. The molecule has 0 radical (unpaired) electrons. The first-order chi connectivity index (χ1) is 6.24. The fourth-order valence-corrected chi connectivity index (χ4v) is 1.05. The summed E-state index contributed by atoms with van der Waals surface area (Å²) in [6, 6.07) is 0. The molecule has 0 bridgehead atoms. The maximum Gasteiger partial charge on any atom is 0.157 e. The molecule has 1 unspecified atom stereocenters. The van der Waals surface area contributed by atoms with E-state index in [0.717, 1.165) is 12.1 Å². The minimum atomic E-state index is 0.520. The van der Waals surface area contributed by atoms with Gasteiger partial charge in [0.1, 0.15) is 12.1 Å². The zero-order valence-electron chi connectivity index (χ0n) is 8.29. The van der Waals surface area contributed by atoms with Gasteiger partial charge >= 0.3 is 0 Å². The molecule has 0 saturated heterocycles. The Kier molecular flexibility index (Phi) is 3.62. The highest BCUT2D eigenvalue weighted by molar-refractivity contribution is 6.05. The normalized spacial score (nSPS) is 24.6. The molecule has 1 atom stereocenters. The van der Waals surface area contributed by atoms with Crippen molar-refractivity contribution in [3.05, 3.63) is 30.7 Å². The number of nitrogens with zero attached hydrogens (tertiary/aromatic N) is 1. The minimum absolute atomic E-state index is 0.520. The Labute approximate surface area is 80.0 Å². The van der Waals surface area contributed by atoms with Gasteiger partial charge in [0.05, 0.1) is 6.92 Å². The molecule has 70 valence electrons. The second kappa shape index (κ2) is 4.75. The van der Waals surface area contributed by atoms with Gasteiger partial charge in [-0.05, 0) is 25.0 Å². The van der Waals surface area contributed by atoms with Gasteiger partial charge in [-0.15, -0.1) is 0 Å². The van der Waals surface area contributed by atoms with Crippen LogP contribution in [-0.4, -0.2) is 12.3 Å². The summed E-state index contributed by atoms with van der Waals surface area (Å²) in [7, 11) is 0. The predicted octanol–water partition coefficient (Wildman–Crippen LogP) is 2.74. The topological polar surface area (TPSA) is 21.6 Å². The lowest BCUT2D eigenvalue weighted by Gasteiger charge is -2.11. The second-order valence-corrected chi connectivity index (χ2v) is 3.24. The van der Waals surface area contributed by atoms with Crippen molar-refractivity contribution in [3.8, 4) is 0 Å². The molecule has 0 aromatic heterocycles. The third kappa shape index (κ3) is 2.98. The zero-order valence-corrected chi connectivity index (χ0v) is 8.29. The number of hydrogen-bond donors (Lipinski definition) is 0. The van der Waals surface area contributed by atoms with Gasteiger partial charge in [-0.3, -0.25) is 0 Å². The summed E-state index contributed by atoms with van der Waals surface area (Å²) in [5.41, 5.74) is 2.21. The molecule has 2 nitrogen and oxygen atoms in total. The Morgan fingerprint density at radius 1 is 1.62 bits per heavy atom. The van der Waals surface area contributed by atoms with Gasteiger partial charge in [0.25, 0.3) is 0 Å². The van der Waals surface area contributed by atoms with Crippen molar-refractivity contribution in [1.29, 1.82) is 0 Å². The lowest BCUT2D eigenvalue weighted by atomic mass is 9.96. The molecule has 0 saturated carbocycles. The molecule has 2 heteroatoms. The number of rotatable bonds is 3. The van der Waals surface area contributed by atoms with E-state index in [2.05, 4.69) is 32.0 Å². The summed E-state index contributed by atoms with van der Waals surface area (Å²) in [4.78, 5) is 5.04. The SMILES string of the molecule is [CH2+]CCO/N=C1/C=CC(C)C(C)=C1. The lowest BCUT2D eigenvalue weighted by Crippen LogP contribution is -2.03. The van der Waals surface area contributed by atoms with E-state index in [1.54, 1.807) is 0 Å². The fraction of sp³-hybridized carbons (Fsp3) is 0.455. The maximum atomic E-state index is 5.04. The molecule has 0 aliphatic heterocycles. The monoisotopic (exact) mass is 178 g/mol. The quantitative estimate of drug-likeness (QED) is 0.370. The summed E-state index contributed by atoms with van der Waals surface area (Å²) >= 11 is 0. The molecule has 1 aliphatic rings.